The number of hydrogen-bond acceptors (Lipinski definition) is 3. The van der Waals surface area contributed by atoms with Gasteiger partial charge in [0.15, 0.2) is 0 Å². The zero-order chi connectivity index (χ0) is 14.2. The van der Waals surface area contributed by atoms with Crippen molar-refractivity contribution < 1.29 is 5.11 Å². The molecule has 0 fully saturated rings. The van der Waals surface area contributed by atoms with E-state index in [0.717, 1.165) is 17.8 Å². The Labute approximate surface area is 120 Å². The maximum absolute atomic E-state index is 9.18. The summed E-state index contributed by atoms with van der Waals surface area (Å²) in [6, 6.07) is 12.1. The van der Waals surface area contributed by atoms with E-state index >= 15 is 0 Å². The van der Waals surface area contributed by atoms with Gasteiger partial charge in [0.05, 0.1) is 18.4 Å². The fourth-order valence-electron chi connectivity index (χ4n) is 2.08. The highest BCUT2D eigenvalue weighted by Crippen LogP contribution is 2.13. The summed E-state index contributed by atoms with van der Waals surface area (Å²) in [6.07, 6.45) is 6.45. The van der Waals surface area contributed by atoms with Gasteiger partial charge in [0.2, 0.25) is 0 Å². The molecule has 20 heavy (non-hydrogen) atoms. The maximum Gasteiger partial charge on any atom is 0.133 e. The van der Waals surface area contributed by atoms with Crippen LogP contribution in [0.3, 0.4) is 0 Å². The van der Waals surface area contributed by atoms with Gasteiger partial charge in [0.1, 0.15) is 5.75 Å². The van der Waals surface area contributed by atoms with Crippen LogP contribution in [-0.4, -0.2) is 10.1 Å². The Hall–Kier alpha value is -2.03. The summed E-state index contributed by atoms with van der Waals surface area (Å²) in [6.45, 7) is 2.89. The lowest BCUT2D eigenvalue weighted by Gasteiger charge is -2.07. The van der Waals surface area contributed by atoms with E-state index in [4.69, 9.17) is 0 Å². The van der Waals surface area contributed by atoms with E-state index in [1.165, 1.54) is 31.0 Å². The zero-order valence-electron chi connectivity index (χ0n) is 12.0. The monoisotopic (exact) mass is 270 g/mol. The Morgan fingerprint density at radius 3 is 2.50 bits per heavy atom. The highest BCUT2D eigenvalue weighted by molar-refractivity contribution is 5.44. The Morgan fingerprint density at radius 1 is 1.05 bits per heavy atom. The van der Waals surface area contributed by atoms with Crippen molar-refractivity contribution in [3.8, 4) is 5.75 Å². The normalized spacial score (nSPS) is 10.4. The van der Waals surface area contributed by atoms with E-state index in [9.17, 15) is 5.11 Å². The Bertz CT molecular complexity index is 506. The Kier molecular flexibility index (Phi) is 5.42. The number of aromatic hydroxyl groups is 1. The lowest BCUT2D eigenvalue weighted by molar-refractivity contribution is 0.472. The number of nitrogens with one attached hydrogen (secondary N) is 1. The summed E-state index contributed by atoms with van der Waals surface area (Å²) in [4.78, 5) is 4.15. The fraction of sp³-hybridized carbons (Fsp3) is 0.353. The molecule has 0 unspecified atom stereocenters. The molecule has 0 radical (unpaired) electrons. The van der Waals surface area contributed by atoms with Crippen molar-refractivity contribution in [2.45, 2.75) is 39.2 Å². The van der Waals surface area contributed by atoms with Crippen molar-refractivity contribution in [1.29, 1.82) is 0 Å². The first-order valence-electron chi connectivity index (χ1n) is 7.24. The second-order valence-corrected chi connectivity index (χ2v) is 5.02. The number of benzene rings is 1. The molecule has 0 aliphatic carbocycles. The first kappa shape index (κ1) is 14.4. The van der Waals surface area contributed by atoms with Crippen molar-refractivity contribution >= 4 is 5.69 Å². The maximum atomic E-state index is 9.18. The molecule has 1 aromatic heterocycles. The fourth-order valence-corrected chi connectivity index (χ4v) is 2.08. The van der Waals surface area contributed by atoms with Gasteiger partial charge in [-0.25, -0.2) is 0 Å². The van der Waals surface area contributed by atoms with Crippen LogP contribution < -0.4 is 5.32 Å². The van der Waals surface area contributed by atoms with Crippen LogP contribution in [0.2, 0.25) is 0 Å². The molecule has 3 heteroatoms. The molecule has 1 heterocycles. The third kappa shape index (κ3) is 4.57. The van der Waals surface area contributed by atoms with E-state index < -0.39 is 0 Å². The molecule has 1 aromatic carbocycles. The van der Waals surface area contributed by atoms with Crippen LogP contribution >= 0.6 is 0 Å². The van der Waals surface area contributed by atoms with Gasteiger partial charge in [-0.3, -0.25) is 4.98 Å². The number of pyridine rings is 1. The average Bonchev–Trinajstić information content (AvgIpc) is 2.48. The van der Waals surface area contributed by atoms with E-state index in [1.54, 1.807) is 6.07 Å². The zero-order valence-corrected chi connectivity index (χ0v) is 12.0. The standard InChI is InChI=1S/C17H22N2O/c1-2-3-4-5-14-6-8-15(9-7-14)18-12-16-10-11-17(20)13-19-16/h6-11,13,18,20H,2-5,12H2,1H3. The summed E-state index contributed by atoms with van der Waals surface area (Å²) >= 11 is 0. The van der Waals surface area contributed by atoms with Crippen LogP contribution in [-0.2, 0) is 13.0 Å². The van der Waals surface area contributed by atoms with E-state index in [-0.39, 0.29) is 5.75 Å². The van der Waals surface area contributed by atoms with Gasteiger partial charge in [-0.05, 0) is 42.7 Å². The van der Waals surface area contributed by atoms with Crippen molar-refractivity contribution in [3.05, 3.63) is 53.9 Å². The summed E-state index contributed by atoms with van der Waals surface area (Å²) < 4.78 is 0. The smallest absolute Gasteiger partial charge is 0.133 e. The molecule has 0 bridgehead atoms. The molecule has 0 amide bonds. The lowest BCUT2D eigenvalue weighted by atomic mass is 10.1. The van der Waals surface area contributed by atoms with Crippen molar-refractivity contribution in [2.24, 2.45) is 0 Å². The van der Waals surface area contributed by atoms with Crippen LogP contribution in [0.1, 0.15) is 37.4 Å². The minimum atomic E-state index is 0.199. The first-order valence-corrected chi connectivity index (χ1v) is 7.24. The molecule has 0 aliphatic rings. The van der Waals surface area contributed by atoms with Crippen molar-refractivity contribution in [1.82, 2.24) is 4.98 Å². The number of aromatic nitrogens is 1. The summed E-state index contributed by atoms with van der Waals surface area (Å²) in [5.74, 6) is 0.199. The van der Waals surface area contributed by atoms with Gasteiger partial charge >= 0.3 is 0 Å². The average molecular weight is 270 g/mol. The van der Waals surface area contributed by atoms with Gasteiger partial charge in [-0.2, -0.15) is 0 Å². The summed E-state index contributed by atoms with van der Waals surface area (Å²) in [5, 5.41) is 12.5. The van der Waals surface area contributed by atoms with Crippen LogP contribution in [0.25, 0.3) is 0 Å². The molecular formula is C17H22N2O. The number of unbranched alkanes of at least 4 members (excludes halogenated alkanes) is 2. The predicted octanol–water partition coefficient (Wildman–Crippen LogP) is 4.13. The number of rotatable bonds is 7. The number of aryl methyl sites for hydroxylation is 1. The molecule has 2 rings (SSSR count). The third-order valence-electron chi connectivity index (χ3n) is 3.31. The topological polar surface area (TPSA) is 45.1 Å². The highest BCUT2D eigenvalue weighted by atomic mass is 16.3. The van der Waals surface area contributed by atoms with Crippen LogP contribution in [0.4, 0.5) is 5.69 Å². The van der Waals surface area contributed by atoms with E-state index in [1.807, 2.05) is 6.07 Å². The largest absolute Gasteiger partial charge is 0.506 e. The SMILES string of the molecule is CCCCCc1ccc(NCc2ccc(O)cn2)cc1. The van der Waals surface area contributed by atoms with Gasteiger partial charge in [-0.1, -0.05) is 31.9 Å². The number of hydrogen-bond donors (Lipinski definition) is 2. The minimum absolute atomic E-state index is 0.199. The quantitative estimate of drug-likeness (QED) is 0.743. The van der Waals surface area contributed by atoms with Crippen LogP contribution in [0.15, 0.2) is 42.6 Å². The lowest BCUT2D eigenvalue weighted by Crippen LogP contribution is -2.01. The van der Waals surface area contributed by atoms with Crippen molar-refractivity contribution in [2.75, 3.05) is 5.32 Å². The van der Waals surface area contributed by atoms with Crippen LogP contribution in [0.5, 0.6) is 5.75 Å². The third-order valence-corrected chi connectivity index (χ3v) is 3.31. The predicted molar refractivity (Wildman–Crippen MR) is 82.9 cm³/mol. The number of anilines is 1. The second kappa shape index (κ2) is 7.53. The molecule has 106 valence electrons. The van der Waals surface area contributed by atoms with Crippen LogP contribution in [0, 0.1) is 0 Å². The first-order chi connectivity index (χ1) is 9.78. The highest BCUT2D eigenvalue weighted by Gasteiger charge is 1.97. The molecule has 0 saturated carbocycles. The molecule has 3 nitrogen and oxygen atoms in total. The van der Waals surface area contributed by atoms with Gasteiger partial charge in [0, 0.05) is 5.69 Å². The van der Waals surface area contributed by atoms with Gasteiger partial charge < -0.3 is 10.4 Å². The minimum Gasteiger partial charge on any atom is -0.506 e. The van der Waals surface area contributed by atoms with E-state index in [2.05, 4.69) is 41.5 Å². The molecule has 0 atom stereocenters. The number of nitrogens with zero attached hydrogens (tertiary/aromatic N) is 1. The van der Waals surface area contributed by atoms with Crippen molar-refractivity contribution in [3.63, 3.8) is 0 Å². The Balaban J connectivity index is 1.82. The second-order valence-electron chi connectivity index (χ2n) is 5.02. The van der Waals surface area contributed by atoms with Gasteiger partial charge in [-0.15, -0.1) is 0 Å². The molecule has 0 saturated heterocycles. The summed E-state index contributed by atoms with van der Waals surface area (Å²) in [7, 11) is 0. The Morgan fingerprint density at radius 2 is 1.85 bits per heavy atom. The molecule has 2 aromatic rings. The molecule has 0 aliphatic heterocycles. The van der Waals surface area contributed by atoms with E-state index in [0.29, 0.717) is 6.54 Å². The molecular weight excluding hydrogens is 248 g/mol. The summed E-state index contributed by atoms with van der Waals surface area (Å²) in [5.41, 5.74) is 3.40. The molecule has 2 N–H and O–H groups in total. The molecule has 0 spiro atoms. The van der Waals surface area contributed by atoms with Gasteiger partial charge in [0.25, 0.3) is 0 Å².